The molecule has 1 aliphatic rings. The number of hydrogen-bond acceptors (Lipinski definition) is 4. The van der Waals surface area contributed by atoms with Crippen LogP contribution in [0.2, 0.25) is 0 Å². The third-order valence-electron chi connectivity index (χ3n) is 3.22. The van der Waals surface area contributed by atoms with Crippen molar-refractivity contribution in [2.45, 2.75) is 62.4 Å². The van der Waals surface area contributed by atoms with E-state index in [-0.39, 0.29) is 0 Å². The van der Waals surface area contributed by atoms with Crippen LogP contribution in [0.5, 0.6) is 0 Å². The second kappa shape index (κ2) is 5.83. The molecule has 0 aliphatic heterocycles. The first-order chi connectivity index (χ1) is 8.15. The van der Waals surface area contributed by atoms with E-state index in [4.69, 9.17) is 5.73 Å². The smallest absolute Gasteiger partial charge is 0.188 e. The fourth-order valence-corrected chi connectivity index (χ4v) is 3.59. The summed E-state index contributed by atoms with van der Waals surface area (Å²) in [4.78, 5) is 8.98. The van der Waals surface area contributed by atoms with E-state index in [1.807, 2.05) is 19.9 Å². The number of thioether (sulfide) groups is 1. The van der Waals surface area contributed by atoms with E-state index in [1.165, 1.54) is 25.7 Å². The third kappa shape index (κ3) is 3.68. The maximum atomic E-state index is 6.23. The van der Waals surface area contributed by atoms with Gasteiger partial charge in [-0.25, -0.2) is 9.97 Å². The fraction of sp³-hybridized carbons (Fsp3) is 0.692. The summed E-state index contributed by atoms with van der Waals surface area (Å²) in [5, 5.41) is 1.38. The average molecular weight is 251 g/mol. The number of aryl methyl sites for hydroxylation is 2. The summed E-state index contributed by atoms with van der Waals surface area (Å²) in [6.45, 7) is 4.04. The maximum Gasteiger partial charge on any atom is 0.188 e. The SMILES string of the molecule is Cc1cc(C)nc(SC2CCCCCC2N)n1. The molecule has 1 aromatic rings. The Morgan fingerprint density at radius 2 is 1.76 bits per heavy atom. The normalized spacial score (nSPS) is 25.6. The average Bonchev–Trinajstić information content (AvgIpc) is 2.43. The van der Waals surface area contributed by atoms with E-state index in [1.54, 1.807) is 11.8 Å². The van der Waals surface area contributed by atoms with E-state index in [9.17, 15) is 0 Å². The Bertz CT molecular complexity index is 361. The highest BCUT2D eigenvalue weighted by atomic mass is 32.2. The van der Waals surface area contributed by atoms with Crippen LogP contribution >= 0.6 is 11.8 Å². The van der Waals surface area contributed by atoms with Crippen LogP contribution in [0.15, 0.2) is 11.2 Å². The minimum atomic E-state index is 0.298. The van der Waals surface area contributed by atoms with Gasteiger partial charge in [-0.1, -0.05) is 31.0 Å². The van der Waals surface area contributed by atoms with Gasteiger partial charge in [-0.3, -0.25) is 0 Å². The molecule has 4 heteroatoms. The van der Waals surface area contributed by atoms with Crippen molar-refractivity contribution < 1.29 is 0 Å². The highest BCUT2D eigenvalue weighted by Gasteiger charge is 2.22. The van der Waals surface area contributed by atoms with Crippen molar-refractivity contribution in [2.24, 2.45) is 5.73 Å². The van der Waals surface area contributed by atoms with E-state index < -0.39 is 0 Å². The Balaban J connectivity index is 2.07. The lowest BCUT2D eigenvalue weighted by atomic mass is 10.1. The van der Waals surface area contributed by atoms with Gasteiger partial charge < -0.3 is 5.73 Å². The van der Waals surface area contributed by atoms with E-state index in [0.29, 0.717) is 11.3 Å². The van der Waals surface area contributed by atoms with Gasteiger partial charge in [0.05, 0.1) is 0 Å². The first kappa shape index (κ1) is 12.8. The van der Waals surface area contributed by atoms with E-state index >= 15 is 0 Å². The predicted octanol–water partition coefficient (Wildman–Crippen LogP) is 2.85. The highest BCUT2D eigenvalue weighted by molar-refractivity contribution is 7.99. The van der Waals surface area contributed by atoms with Gasteiger partial charge in [0.1, 0.15) is 0 Å². The maximum absolute atomic E-state index is 6.23. The molecular weight excluding hydrogens is 230 g/mol. The second-order valence-corrected chi connectivity index (χ2v) is 6.10. The molecule has 2 atom stereocenters. The largest absolute Gasteiger partial charge is 0.327 e. The number of nitrogens with two attached hydrogens (primary N) is 1. The van der Waals surface area contributed by atoms with Crippen LogP contribution in [0.4, 0.5) is 0 Å². The summed E-state index contributed by atoms with van der Waals surface area (Å²) in [5.74, 6) is 0. The number of aromatic nitrogens is 2. The van der Waals surface area contributed by atoms with Crippen molar-refractivity contribution in [3.63, 3.8) is 0 Å². The molecule has 1 saturated carbocycles. The first-order valence-electron chi connectivity index (χ1n) is 6.39. The Morgan fingerprint density at radius 3 is 2.47 bits per heavy atom. The lowest BCUT2D eigenvalue weighted by Crippen LogP contribution is -2.31. The van der Waals surface area contributed by atoms with E-state index in [2.05, 4.69) is 9.97 Å². The quantitative estimate of drug-likeness (QED) is 0.648. The molecule has 0 bridgehead atoms. The Morgan fingerprint density at radius 1 is 1.12 bits per heavy atom. The lowest BCUT2D eigenvalue weighted by Gasteiger charge is -2.19. The zero-order chi connectivity index (χ0) is 12.3. The van der Waals surface area contributed by atoms with Crippen LogP contribution in [0.1, 0.15) is 43.5 Å². The van der Waals surface area contributed by atoms with Crippen molar-refractivity contribution in [1.82, 2.24) is 9.97 Å². The zero-order valence-corrected chi connectivity index (χ0v) is 11.5. The van der Waals surface area contributed by atoms with Gasteiger partial charge in [0.15, 0.2) is 5.16 Å². The molecule has 2 unspecified atom stereocenters. The lowest BCUT2D eigenvalue weighted by molar-refractivity contribution is 0.595. The molecule has 1 fully saturated rings. The molecule has 2 N–H and O–H groups in total. The summed E-state index contributed by atoms with van der Waals surface area (Å²) in [7, 11) is 0. The van der Waals surface area contributed by atoms with Crippen LogP contribution in [-0.2, 0) is 0 Å². The monoisotopic (exact) mass is 251 g/mol. The standard InChI is InChI=1S/C13H21N3S/c1-9-8-10(2)16-13(15-9)17-12-7-5-3-4-6-11(12)14/h8,11-12H,3-7,14H2,1-2H3. The van der Waals surface area contributed by atoms with Gasteiger partial charge in [0.25, 0.3) is 0 Å². The molecule has 1 aliphatic carbocycles. The van der Waals surface area contributed by atoms with Gasteiger partial charge in [0.2, 0.25) is 0 Å². The Hall–Kier alpha value is -0.610. The van der Waals surface area contributed by atoms with Crippen molar-refractivity contribution >= 4 is 11.8 Å². The predicted molar refractivity (Wildman–Crippen MR) is 72.2 cm³/mol. The van der Waals surface area contributed by atoms with E-state index in [0.717, 1.165) is 23.0 Å². The second-order valence-electron chi connectivity index (χ2n) is 4.89. The molecule has 3 nitrogen and oxygen atoms in total. The van der Waals surface area contributed by atoms with Gasteiger partial charge in [0, 0.05) is 22.7 Å². The molecule has 1 heterocycles. The molecule has 17 heavy (non-hydrogen) atoms. The van der Waals surface area contributed by atoms with Crippen molar-refractivity contribution in [3.8, 4) is 0 Å². The number of hydrogen-bond donors (Lipinski definition) is 1. The topological polar surface area (TPSA) is 51.8 Å². The van der Waals surface area contributed by atoms with Crippen molar-refractivity contribution in [1.29, 1.82) is 0 Å². The third-order valence-corrected chi connectivity index (χ3v) is 4.50. The molecule has 0 radical (unpaired) electrons. The van der Waals surface area contributed by atoms with Gasteiger partial charge in [-0.15, -0.1) is 0 Å². The summed E-state index contributed by atoms with van der Waals surface area (Å²) >= 11 is 1.77. The molecule has 2 rings (SSSR count). The highest BCUT2D eigenvalue weighted by Crippen LogP contribution is 2.30. The summed E-state index contributed by atoms with van der Waals surface area (Å²) in [5.41, 5.74) is 8.31. The molecular formula is C13H21N3S. The van der Waals surface area contributed by atoms with Gasteiger partial charge in [-0.05, 0) is 32.8 Å². The minimum Gasteiger partial charge on any atom is -0.327 e. The van der Waals surface area contributed by atoms with Crippen LogP contribution < -0.4 is 5.73 Å². The molecule has 0 spiro atoms. The molecule has 0 amide bonds. The number of rotatable bonds is 2. The Labute approximate surface area is 108 Å². The summed E-state index contributed by atoms with van der Waals surface area (Å²) in [6.07, 6.45) is 6.21. The minimum absolute atomic E-state index is 0.298. The first-order valence-corrected chi connectivity index (χ1v) is 7.27. The number of nitrogens with zero attached hydrogens (tertiary/aromatic N) is 2. The van der Waals surface area contributed by atoms with Crippen LogP contribution in [0, 0.1) is 13.8 Å². The van der Waals surface area contributed by atoms with Crippen LogP contribution in [0.25, 0.3) is 0 Å². The fourth-order valence-electron chi connectivity index (χ4n) is 2.33. The molecule has 1 aromatic heterocycles. The van der Waals surface area contributed by atoms with Crippen LogP contribution in [0.3, 0.4) is 0 Å². The summed E-state index contributed by atoms with van der Waals surface area (Å²) in [6, 6.07) is 2.31. The molecule has 0 saturated heterocycles. The molecule has 94 valence electrons. The van der Waals surface area contributed by atoms with Crippen LogP contribution in [-0.4, -0.2) is 21.3 Å². The molecule has 0 aromatic carbocycles. The Kier molecular flexibility index (Phi) is 4.40. The summed E-state index contributed by atoms with van der Waals surface area (Å²) < 4.78 is 0. The van der Waals surface area contributed by atoms with Gasteiger partial charge >= 0.3 is 0 Å². The van der Waals surface area contributed by atoms with Gasteiger partial charge in [-0.2, -0.15) is 0 Å². The van der Waals surface area contributed by atoms with Crippen molar-refractivity contribution in [3.05, 3.63) is 17.5 Å². The van der Waals surface area contributed by atoms with Crippen molar-refractivity contribution in [2.75, 3.05) is 0 Å². The zero-order valence-electron chi connectivity index (χ0n) is 10.6.